The number of nitrogens with one attached hydrogen (secondary N) is 1. The van der Waals surface area contributed by atoms with Crippen LogP contribution in [0.3, 0.4) is 0 Å². The van der Waals surface area contributed by atoms with Gasteiger partial charge in [-0.3, -0.25) is 4.79 Å². The van der Waals surface area contributed by atoms with E-state index in [4.69, 9.17) is 10.5 Å². The molecule has 0 saturated carbocycles. The molecular weight excluding hydrogens is 258 g/mol. The van der Waals surface area contributed by atoms with Crippen LogP contribution < -0.4 is 11.1 Å². The minimum Gasteiger partial charge on any atom is -0.372 e. The van der Waals surface area contributed by atoms with E-state index < -0.39 is 6.03 Å². The maximum Gasteiger partial charge on any atom is 0.316 e. The number of urea groups is 1. The summed E-state index contributed by atoms with van der Waals surface area (Å²) < 4.78 is 5.61. The predicted molar refractivity (Wildman–Crippen MR) is 75.6 cm³/mol. The monoisotopic (exact) mass is 277 g/mol. The van der Waals surface area contributed by atoms with E-state index in [9.17, 15) is 9.59 Å². The standard InChI is InChI=1S/C14H19N3O3/c1-9-7-17(8-10(2)20-9)13(18)11-3-5-12(6-4-11)16-14(15)19/h3-6,9-10H,7-8H2,1-2H3,(H3,15,16,19)/t9-,10-/m0/s1. The van der Waals surface area contributed by atoms with Crippen LogP contribution in [0.15, 0.2) is 24.3 Å². The molecule has 3 N–H and O–H groups in total. The number of amides is 3. The molecule has 1 heterocycles. The molecule has 6 nitrogen and oxygen atoms in total. The molecule has 0 unspecified atom stereocenters. The number of carbonyl (C=O) groups is 2. The zero-order chi connectivity index (χ0) is 14.7. The summed E-state index contributed by atoms with van der Waals surface area (Å²) >= 11 is 0. The first-order valence-electron chi connectivity index (χ1n) is 6.57. The van der Waals surface area contributed by atoms with Gasteiger partial charge in [-0.05, 0) is 38.1 Å². The number of hydrogen-bond acceptors (Lipinski definition) is 3. The number of rotatable bonds is 2. The molecule has 1 aliphatic heterocycles. The Kier molecular flexibility index (Phi) is 4.24. The molecule has 3 amide bonds. The number of primary amides is 1. The van der Waals surface area contributed by atoms with Crippen molar-refractivity contribution < 1.29 is 14.3 Å². The fourth-order valence-corrected chi connectivity index (χ4v) is 2.36. The van der Waals surface area contributed by atoms with Gasteiger partial charge in [-0.25, -0.2) is 4.79 Å². The lowest BCUT2D eigenvalue weighted by Gasteiger charge is -2.35. The van der Waals surface area contributed by atoms with Gasteiger partial charge in [0, 0.05) is 24.3 Å². The third-order valence-electron chi connectivity index (χ3n) is 3.11. The Morgan fingerprint density at radius 3 is 2.25 bits per heavy atom. The molecule has 1 aromatic rings. The largest absolute Gasteiger partial charge is 0.372 e. The second-order valence-corrected chi connectivity index (χ2v) is 5.03. The van der Waals surface area contributed by atoms with E-state index in [-0.39, 0.29) is 18.1 Å². The van der Waals surface area contributed by atoms with Gasteiger partial charge in [0.15, 0.2) is 0 Å². The maximum absolute atomic E-state index is 12.4. The van der Waals surface area contributed by atoms with E-state index in [0.29, 0.717) is 24.3 Å². The van der Waals surface area contributed by atoms with Crippen LogP contribution in [0.1, 0.15) is 24.2 Å². The summed E-state index contributed by atoms with van der Waals surface area (Å²) in [4.78, 5) is 24.9. The van der Waals surface area contributed by atoms with E-state index in [2.05, 4.69) is 5.32 Å². The van der Waals surface area contributed by atoms with Crippen LogP contribution in [0.25, 0.3) is 0 Å². The van der Waals surface area contributed by atoms with Crippen molar-refractivity contribution in [2.75, 3.05) is 18.4 Å². The SMILES string of the molecule is C[C@H]1CN(C(=O)c2ccc(NC(N)=O)cc2)C[C@H](C)O1. The molecule has 0 radical (unpaired) electrons. The van der Waals surface area contributed by atoms with Crippen molar-refractivity contribution in [3.05, 3.63) is 29.8 Å². The normalized spacial score (nSPS) is 22.4. The van der Waals surface area contributed by atoms with Gasteiger partial charge in [0.1, 0.15) is 0 Å². The van der Waals surface area contributed by atoms with Crippen LogP contribution >= 0.6 is 0 Å². The van der Waals surface area contributed by atoms with Crippen molar-refractivity contribution in [1.82, 2.24) is 4.90 Å². The van der Waals surface area contributed by atoms with E-state index in [1.54, 1.807) is 29.2 Å². The number of hydrogen-bond donors (Lipinski definition) is 2. The van der Waals surface area contributed by atoms with Crippen molar-refractivity contribution in [3.8, 4) is 0 Å². The smallest absolute Gasteiger partial charge is 0.316 e. The van der Waals surface area contributed by atoms with Gasteiger partial charge in [0.05, 0.1) is 12.2 Å². The summed E-state index contributed by atoms with van der Waals surface area (Å²) in [6.45, 7) is 5.08. The molecule has 2 rings (SSSR count). The number of anilines is 1. The van der Waals surface area contributed by atoms with Gasteiger partial charge in [-0.1, -0.05) is 0 Å². The minimum absolute atomic E-state index is 0.0300. The lowest BCUT2D eigenvalue weighted by atomic mass is 10.1. The van der Waals surface area contributed by atoms with Crippen molar-refractivity contribution in [3.63, 3.8) is 0 Å². The summed E-state index contributed by atoms with van der Waals surface area (Å²) in [7, 11) is 0. The van der Waals surface area contributed by atoms with Crippen molar-refractivity contribution in [1.29, 1.82) is 0 Å². The third kappa shape index (κ3) is 3.48. The van der Waals surface area contributed by atoms with Crippen LogP contribution in [0.2, 0.25) is 0 Å². The molecule has 2 atom stereocenters. The number of morpholine rings is 1. The second-order valence-electron chi connectivity index (χ2n) is 5.03. The molecule has 1 aromatic carbocycles. The second kappa shape index (κ2) is 5.92. The molecule has 0 spiro atoms. The Bertz CT molecular complexity index is 491. The van der Waals surface area contributed by atoms with E-state index in [0.717, 1.165) is 0 Å². The number of nitrogens with two attached hydrogens (primary N) is 1. The van der Waals surface area contributed by atoms with Crippen molar-refractivity contribution in [2.45, 2.75) is 26.1 Å². The molecule has 108 valence electrons. The van der Waals surface area contributed by atoms with Gasteiger partial charge in [0.25, 0.3) is 5.91 Å². The highest BCUT2D eigenvalue weighted by atomic mass is 16.5. The highest BCUT2D eigenvalue weighted by molar-refractivity contribution is 5.95. The van der Waals surface area contributed by atoms with E-state index in [1.807, 2.05) is 13.8 Å². The molecule has 0 aliphatic carbocycles. The van der Waals surface area contributed by atoms with Crippen LogP contribution in [0.4, 0.5) is 10.5 Å². The Labute approximate surface area is 117 Å². The zero-order valence-corrected chi connectivity index (χ0v) is 11.6. The number of ether oxygens (including phenoxy) is 1. The topological polar surface area (TPSA) is 84.7 Å². The van der Waals surface area contributed by atoms with Crippen LogP contribution in [0, 0.1) is 0 Å². The Morgan fingerprint density at radius 1 is 1.20 bits per heavy atom. The highest BCUT2D eigenvalue weighted by Crippen LogP contribution is 2.16. The van der Waals surface area contributed by atoms with Crippen LogP contribution in [-0.2, 0) is 4.74 Å². The Hall–Kier alpha value is -2.08. The number of nitrogens with zero attached hydrogens (tertiary/aromatic N) is 1. The quantitative estimate of drug-likeness (QED) is 0.857. The molecule has 1 fully saturated rings. The van der Waals surface area contributed by atoms with Gasteiger partial charge in [-0.2, -0.15) is 0 Å². The average Bonchev–Trinajstić information content (AvgIpc) is 2.37. The first-order chi connectivity index (χ1) is 9.45. The molecular formula is C14H19N3O3. The van der Waals surface area contributed by atoms with Crippen molar-refractivity contribution >= 4 is 17.6 Å². The van der Waals surface area contributed by atoms with Crippen LogP contribution in [0.5, 0.6) is 0 Å². The van der Waals surface area contributed by atoms with E-state index in [1.165, 1.54) is 0 Å². The summed E-state index contributed by atoms with van der Waals surface area (Å²) in [5.41, 5.74) is 6.18. The number of carbonyl (C=O) groups excluding carboxylic acids is 2. The fraction of sp³-hybridized carbons (Fsp3) is 0.429. The molecule has 6 heteroatoms. The third-order valence-corrected chi connectivity index (χ3v) is 3.11. The van der Waals surface area contributed by atoms with Crippen LogP contribution in [-0.4, -0.2) is 42.1 Å². The van der Waals surface area contributed by atoms with E-state index >= 15 is 0 Å². The first-order valence-corrected chi connectivity index (χ1v) is 6.57. The average molecular weight is 277 g/mol. The summed E-state index contributed by atoms with van der Waals surface area (Å²) in [5, 5.41) is 2.46. The van der Waals surface area contributed by atoms with Gasteiger partial charge < -0.3 is 20.7 Å². The molecule has 1 aliphatic rings. The zero-order valence-electron chi connectivity index (χ0n) is 11.6. The fourth-order valence-electron chi connectivity index (χ4n) is 2.36. The first kappa shape index (κ1) is 14.3. The minimum atomic E-state index is -0.625. The summed E-state index contributed by atoms with van der Waals surface area (Å²) in [6.07, 6.45) is 0.0806. The lowest BCUT2D eigenvalue weighted by molar-refractivity contribution is -0.0586. The highest BCUT2D eigenvalue weighted by Gasteiger charge is 2.26. The maximum atomic E-state index is 12.4. The van der Waals surface area contributed by atoms with Gasteiger partial charge in [0.2, 0.25) is 0 Å². The molecule has 0 bridgehead atoms. The Balaban J connectivity index is 2.07. The predicted octanol–water partition coefficient (Wildman–Crippen LogP) is 1.43. The molecule has 0 aromatic heterocycles. The van der Waals surface area contributed by atoms with Crippen molar-refractivity contribution in [2.24, 2.45) is 5.73 Å². The molecule has 1 saturated heterocycles. The summed E-state index contributed by atoms with van der Waals surface area (Å²) in [5.74, 6) is -0.0300. The van der Waals surface area contributed by atoms with Gasteiger partial charge in [-0.15, -0.1) is 0 Å². The van der Waals surface area contributed by atoms with Gasteiger partial charge >= 0.3 is 6.03 Å². The Morgan fingerprint density at radius 2 is 1.75 bits per heavy atom. The summed E-state index contributed by atoms with van der Waals surface area (Å²) in [6, 6.07) is 6.05. The lowest BCUT2D eigenvalue weighted by Crippen LogP contribution is -2.48. The molecule has 20 heavy (non-hydrogen) atoms. The number of benzene rings is 1.